The smallest absolute Gasteiger partial charge is 0.234 e. The van der Waals surface area contributed by atoms with Crippen LogP contribution in [0.15, 0.2) is 76.9 Å². The van der Waals surface area contributed by atoms with Crippen molar-refractivity contribution >= 4 is 39.3 Å². The first-order chi connectivity index (χ1) is 14.2. The van der Waals surface area contributed by atoms with Crippen LogP contribution < -0.4 is 5.32 Å². The number of amides is 1. The molecule has 3 aromatic rings. The number of anilines is 1. The van der Waals surface area contributed by atoms with E-state index in [4.69, 9.17) is 0 Å². The summed E-state index contributed by atoms with van der Waals surface area (Å²) in [4.78, 5) is 12.3. The maximum Gasteiger partial charge on any atom is 0.234 e. The lowest BCUT2D eigenvalue weighted by atomic mass is 10.1. The summed E-state index contributed by atoms with van der Waals surface area (Å²) in [6, 6.07) is 18.0. The first kappa shape index (κ1) is 19.9. The van der Waals surface area contributed by atoms with Crippen LogP contribution in [-0.2, 0) is 11.3 Å². The average Bonchev–Trinajstić information content (AvgIpc) is 3.44. The number of carbonyl (C=O) groups is 1. The molecule has 0 spiro atoms. The molecule has 1 heterocycles. The van der Waals surface area contributed by atoms with Crippen LogP contribution in [0.25, 0.3) is 0 Å². The molecule has 1 aliphatic rings. The summed E-state index contributed by atoms with van der Waals surface area (Å²) < 4.78 is 3.06. The van der Waals surface area contributed by atoms with E-state index in [0.717, 1.165) is 27.6 Å². The van der Waals surface area contributed by atoms with Gasteiger partial charge >= 0.3 is 0 Å². The van der Waals surface area contributed by atoms with Crippen molar-refractivity contribution in [3.8, 4) is 0 Å². The van der Waals surface area contributed by atoms with Gasteiger partial charge in [0.2, 0.25) is 5.91 Å². The Morgan fingerprint density at radius 1 is 1.17 bits per heavy atom. The molecule has 2 atom stereocenters. The largest absolute Gasteiger partial charge is 0.325 e. The molecule has 29 heavy (non-hydrogen) atoms. The van der Waals surface area contributed by atoms with Gasteiger partial charge in [0.25, 0.3) is 0 Å². The summed E-state index contributed by atoms with van der Waals surface area (Å²) in [5, 5.41) is 12.5. The highest BCUT2D eigenvalue weighted by Crippen LogP contribution is 2.54. The van der Waals surface area contributed by atoms with Crippen LogP contribution in [0.5, 0.6) is 0 Å². The zero-order chi connectivity index (χ0) is 20.2. The highest BCUT2D eigenvalue weighted by Gasteiger charge is 2.43. The third-order valence-corrected chi connectivity index (χ3v) is 6.36. The molecule has 0 radical (unpaired) electrons. The number of hydrogen-bond acceptors (Lipinski definition) is 4. The molecule has 148 valence electrons. The Kier molecular flexibility index (Phi) is 6.16. The van der Waals surface area contributed by atoms with Crippen molar-refractivity contribution in [1.82, 2.24) is 14.8 Å². The fourth-order valence-electron chi connectivity index (χ4n) is 3.39. The Hall–Kier alpha value is -2.38. The van der Waals surface area contributed by atoms with Crippen LogP contribution >= 0.6 is 27.7 Å². The van der Waals surface area contributed by atoms with Gasteiger partial charge in [-0.1, -0.05) is 64.1 Å². The molecule has 1 amide bonds. The van der Waals surface area contributed by atoms with E-state index in [2.05, 4.69) is 66.9 Å². The SMILES string of the molecule is C=CCn1c(SCC(=O)Nc2ccc(Br)cc2)nnc1C1CC1c1ccccc1. The van der Waals surface area contributed by atoms with E-state index in [1.54, 1.807) is 0 Å². The van der Waals surface area contributed by atoms with Crippen molar-refractivity contribution in [1.29, 1.82) is 0 Å². The van der Waals surface area contributed by atoms with E-state index >= 15 is 0 Å². The maximum absolute atomic E-state index is 12.3. The quantitative estimate of drug-likeness (QED) is 0.363. The molecule has 0 aliphatic heterocycles. The maximum atomic E-state index is 12.3. The van der Waals surface area contributed by atoms with Gasteiger partial charge in [-0.2, -0.15) is 0 Å². The van der Waals surface area contributed by atoms with Gasteiger partial charge in [-0.3, -0.25) is 4.79 Å². The molecule has 0 bridgehead atoms. The van der Waals surface area contributed by atoms with Crippen LogP contribution in [0.1, 0.15) is 29.6 Å². The first-order valence-corrected chi connectivity index (χ1v) is 11.2. The van der Waals surface area contributed by atoms with E-state index in [1.807, 2.05) is 36.4 Å². The monoisotopic (exact) mass is 468 g/mol. The number of aromatic nitrogens is 3. The first-order valence-electron chi connectivity index (χ1n) is 9.43. The Morgan fingerprint density at radius 2 is 1.93 bits per heavy atom. The Morgan fingerprint density at radius 3 is 2.66 bits per heavy atom. The minimum absolute atomic E-state index is 0.0689. The van der Waals surface area contributed by atoms with E-state index in [-0.39, 0.29) is 11.7 Å². The fourth-order valence-corrected chi connectivity index (χ4v) is 4.41. The Balaban J connectivity index is 1.41. The van der Waals surface area contributed by atoms with Crippen molar-refractivity contribution < 1.29 is 4.79 Å². The van der Waals surface area contributed by atoms with Crippen LogP contribution in [-0.4, -0.2) is 26.4 Å². The fraction of sp³-hybridized carbons (Fsp3) is 0.227. The number of benzene rings is 2. The molecule has 5 nitrogen and oxygen atoms in total. The standard InChI is InChI=1S/C22H21BrN4OS/c1-2-12-27-21(19-13-18(19)15-6-4-3-5-7-15)25-26-22(27)29-14-20(28)24-17-10-8-16(23)9-11-17/h2-11,18-19H,1,12-14H2,(H,24,28). The van der Waals surface area contributed by atoms with Gasteiger partial charge in [0.05, 0.1) is 5.75 Å². The van der Waals surface area contributed by atoms with Gasteiger partial charge in [-0.05, 0) is 42.2 Å². The molecule has 0 saturated heterocycles. The normalized spacial score (nSPS) is 17.7. The lowest BCUT2D eigenvalue weighted by Gasteiger charge is -2.08. The minimum atomic E-state index is -0.0689. The summed E-state index contributed by atoms with van der Waals surface area (Å²) >= 11 is 4.79. The molecule has 1 N–H and O–H groups in total. The second-order valence-electron chi connectivity index (χ2n) is 6.94. The molecule has 7 heteroatoms. The molecular weight excluding hydrogens is 448 g/mol. The van der Waals surface area contributed by atoms with Crippen LogP contribution in [0.4, 0.5) is 5.69 Å². The number of rotatable bonds is 8. The topological polar surface area (TPSA) is 59.8 Å². The van der Waals surface area contributed by atoms with Gasteiger partial charge < -0.3 is 9.88 Å². The lowest BCUT2D eigenvalue weighted by molar-refractivity contribution is -0.113. The zero-order valence-electron chi connectivity index (χ0n) is 15.8. The third-order valence-electron chi connectivity index (χ3n) is 4.87. The predicted octanol–water partition coefficient (Wildman–Crippen LogP) is 5.23. The third kappa shape index (κ3) is 4.79. The van der Waals surface area contributed by atoms with Crippen molar-refractivity contribution in [2.24, 2.45) is 0 Å². The minimum Gasteiger partial charge on any atom is -0.325 e. The van der Waals surface area contributed by atoms with Crippen molar-refractivity contribution in [3.05, 3.63) is 83.1 Å². The number of thioether (sulfide) groups is 1. The summed E-state index contributed by atoms with van der Waals surface area (Å²) in [5.74, 6) is 2.05. The number of carbonyl (C=O) groups excluding carboxylic acids is 1. The van der Waals surface area contributed by atoms with Crippen LogP contribution in [0, 0.1) is 0 Å². The number of nitrogens with one attached hydrogen (secondary N) is 1. The summed E-state index contributed by atoms with van der Waals surface area (Å²) in [5.41, 5.74) is 2.12. The highest BCUT2D eigenvalue weighted by atomic mass is 79.9. The molecule has 1 aromatic heterocycles. The van der Waals surface area contributed by atoms with Gasteiger partial charge in [-0.15, -0.1) is 16.8 Å². The summed E-state index contributed by atoms with van der Waals surface area (Å²) in [6.45, 7) is 4.50. The van der Waals surface area contributed by atoms with Gasteiger partial charge in [0, 0.05) is 22.6 Å². The second-order valence-corrected chi connectivity index (χ2v) is 8.80. The van der Waals surface area contributed by atoms with Gasteiger partial charge in [-0.25, -0.2) is 0 Å². The van der Waals surface area contributed by atoms with Crippen molar-refractivity contribution in [2.45, 2.75) is 30.0 Å². The number of hydrogen-bond donors (Lipinski definition) is 1. The van der Waals surface area contributed by atoms with Crippen molar-refractivity contribution in [3.63, 3.8) is 0 Å². The summed E-state index contributed by atoms with van der Waals surface area (Å²) in [6.07, 6.45) is 2.92. The molecule has 1 fully saturated rings. The Bertz CT molecular complexity index is 1000. The average molecular weight is 469 g/mol. The van der Waals surface area contributed by atoms with Crippen LogP contribution in [0.2, 0.25) is 0 Å². The van der Waals surface area contributed by atoms with E-state index in [1.165, 1.54) is 17.3 Å². The Labute approximate surface area is 182 Å². The number of allylic oxidation sites excluding steroid dienone is 1. The predicted molar refractivity (Wildman–Crippen MR) is 120 cm³/mol. The van der Waals surface area contributed by atoms with E-state index in [9.17, 15) is 4.79 Å². The van der Waals surface area contributed by atoms with Crippen LogP contribution in [0.3, 0.4) is 0 Å². The van der Waals surface area contributed by atoms with Gasteiger partial charge in [0.15, 0.2) is 5.16 Å². The molecule has 4 rings (SSSR count). The molecule has 2 unspecified atom stereocenters. The second kappa shape index (κ2) is 8.97. The van der Waals surface area contributed by atoms with E-state index < -0.39 is 0 Å². The molecule has 1 aliphatic carbocycles. The van der Waals surface area contributed by atoms with Crippen molar-refractivity contribution in [2.75, 3.05) is 11.1 Å². The zero-order valence-corrected chi connectivity index (χ0v) is 18.2. The molecular formula is C22H21BrN4OS. The summed E-state index contributed by atoms with van der Waals surface area (Å²) in [7, 11) is 0. The number of halogens is 1. The van der Waals surface area contributed by atoms with E-state index in [0.29, 0.717) is 18.4 Å². The lowest BCUT2D eigenvalue weighted by Crippen LogP contribution is -2.14. The highest BCUT2D eigenvalue weighted by molar-refractivity contribution is 9.10. The molecule has 1 saturated carbocycles. The molecule has 2 aromatic carbocycles. The van der Waals surface area contributed by atoms with Gasteiger partial charge in [0.1, 0.15) is 5.82 Å². The number of nitrogens with zero attached hydrogens (tertiary/aromatic N) is 3.